The molecule has 0 spiro atoms. The summed E-state index contributed by atoms with van der Waals surface area (Å²) < 4.78 is 2.41. The van der Waals surface area contributed by atoms with Crippen LogP contribution in [0.5, 0.6) is 0 Å². The molecule has 2 heteroatoms. The van der Waals surface area contributed by atoms with Gasteiger partial charge in [0.1, 0.15) is 0 Å². The second kappa shape index (κ2) is 15.5. The van der Waals surface area contributed by atoms with E-state index in [0.29, 0.717) is 0 Å². The first-order valence-electron chi connectivity index (χ1n) is 22.7. The summed E-state index contributed by atoms with van der Waals surface area (Å²) in [4.78, 5) is 2.41. The monoisotopic (exact) mass is 838 g/mol. The van der Waals surface area contributed by atoms with Crippen molar-refractivity contribution < 1.29 is 0 Å². The van der Waals surface area contributed by atoms with Crippen LogP contribution in [0.3, 0.4) is 0 Å². The molecule has 0 atom stereocenters. The third-order valence-electron chi connectivity index (χ3n) is 13.5. The number of para-hydroxylation sites is 1. The summed E-state index contributed by atoms with van der Waals surface area (Å²) in [5, 5.41) is 12.5. The number of benzene rings is 12. The molecule has 0 N–H and O–H groups in total. The lowest BCUT2D eigenvalue weighted by molar-refractivity contribution is 1.18. The van der Waals surface area contributed by atoms with Crippen LogP contribution in [0.4, 0.5) is 17.1 Å². The van der Waals surface area contributed by atoms with E-state index in [-0.39, 0.29) is 0 Å². The van der Waals surface area contributed by atoms with Crippen LogP contribution in [0.1, 0.15) is 0 Å². The molecule has 0 fully saturated rings. The molecule has 0 aliphatic heterocycles. The Morgan fingerprint density at radius 3 is 1.55 bits per heavy atom. The van der Waals surface area contributed by atoms with Crippen molar-refractivity contribution in [3.05, 3.63) is 255 Å². The molecule has 0 aliphatic rings. The normalized spacial score (nSPS) is 11.6. The lowest BCUT2D eigenvalue weighted by atomic mass is 9.96. The molecule has 0 amide bonds. The van der Waals surface area contributed by atoms with E-state index in [0.717, 1.165) is 28.3 Å². The summed E-state index contributed by atoms with van der Waals surface area (Å²) in [5.41, 5.74) is 14.0. The fourth-order valence-corrected chi connectivity index (χ4v) is 10.4. The van der Waals surface area contributed by atoms with E-state index >= 15 is 0 Å². The van der Waals surface area contributed by atoms with Gasteiger partial charge in [0.15, 0.2) is 0 Å². The summed E-state index contributed by atoms with van der Waals surface area (Å²) in [6.45, 7) is 0. The van der Waals surface area contributed by atoms with Crippen molar-refractivity contribution in [3.8, 4) is 39.1 Å². The molecule has 308 valence electrons. The number of fused-ring (bicyclic) bond motifs is 9. The summed E-state index contributed by atoms with van der Waals surface area (Å²) in [5.74, 6) is 0. The lowest BCUT2D eigenvalue weighted by Gasteiger charge is -2.27. The van der Waals surface area contributed by atoms with Crippen LogP contribution in [0.25, 0.3) is 104 Å². The molecule has 66 heavy (non-hydrogen) atoms. The average Bonchev–Trinajstić information content (AvgIpc) is 3.73. The summed E-state index contributed by atoms with van der Waals surface area (Å²) in [6, 6.07) is 93.4. The highest BCUT2D eigenvalue weighted by Gasteiger charge is 2.20. The molecule has 0 saturated heterocycles. The molecule has 0 unspecified atom stereocenters. The second-order valence-corrected chi connectivity index (χ2v) is 17.3. The summed E-state index contributed by atoms with van der Waals surface area (Å²) in [7, 11) is 0. The predicted octanol–water partition coefficient (Wildman–Crippen LogP) is 17.9. The van der Waals surface area contributed by atoms with E-state index in [1.807, 2.05) is 0 Å². The van der Waals surface area contributed by atoms with Gasteiger partial charge in [-0.15, -0.1) is 0 Å². The third-order valence-corrected chi connectivity index (χ3v) is 13.5. The number of aromatic nitrogens is 1. The Bertz CT molecular complexity index is 3980. The first kappa shape index (κ1) is 37.8. The molecule has 13 rings (SSSR count). The molecule has 0 aliphatic carbocycles. The highest BCUT2D eigenvalue weighted by Crippen LogP contribution is 2.44. The van der Waals surface area contributed by atoms with Crippen molar-refractivity contribution in [2.75, 3.05) is 4.90 Å². The number of nitrogens with zero attached hydrogens (tertiary/aromatic N) is 2. The molecule has 0 radical (unpaired) electrons. The molecule has 0 saturated carbocycles. The Morgan fingerprint density at radius 1 is 0.258 bits per heavy atom. The van der Waals surface area contributed by atoms with Crippen molar-refractivity contribution in [1.82, 2.24) is 4.57 Å². The smallest absolute Gasteiger partial charge is 0.0547 e. The topological polar surface area (TPSA) is 8.17 Å². The molecular formula is C64H42N2. The third kappa shape index (κ3) is 6.34. The van der Waals surface area contributed by atoms with Gasteiger partial charge in [0.05, 0.1) is 11.0 Å². The first-order valence-corrected chi connectivity index (χ1v) is 22.7. The number of hydrogen-bond acceptors (Lipinski definition) is 1. The Kier molecular flexibility index (Phi) is 8.89. The van der Waals surface area contributed by atoms with Crippen LogP contribution in [0.15, 0.2) is 255 Å². The van der Waals surface area contributed by atoms with Gasteiger partial charge in [0.25, 0.3) is 0 Å². The van der Waals surface area contributed by atoms with Crippen molar-refractivity contribution in [1.29, 1.82) is 0 Å². The molecule has 1 heterocycles. The maximum atomic E-state index is 2.41. The van der Waals surface area contributed by atoms with Gasteiger partial charge in [-0.25, -0.2) is 0 Å². The van der Waals surface area contributed by atoms with Gasteiger partial charge < -0.3 is 9.47 Å². The Balaban J connectivity index is 0.974. The van der Waals surface area contributed by atoms with Gasteiger partial charge in [0.2, 0.25) is 0 Å². The standard InChI is InChI=1S/C64H42N2/c1-3-13-43(14-4-1)48-32-38-62-61(42-48)64-60(23-12-24-63(64)66(62)52-18-5-2-6-19-52)49-17-11-20-54(40-49)65(55-35-37-59-51(41-55)28-26-46-16-8-10-22-57(46)59)53-33-29-44(30-34-53)47-31-36-58-50(39-47)27-25-45-15-7-9-21-56(45)58/h1-42H. The summed E-state index contributed by atoms with van der Waals surface area (Å²) >= 11 is 0. The number of rotatable bonds is 7. The van der Waals surface area contributed by atoms with E-state index in [9.17, 15) is 0 Å². The van der Waals surface area contributed by atoms with E-state index in [1.165, 1.54) is 92.7 Å². The highest BCUT2D eigenvalue weighted by molar-refractivity contribution is 6.17. The maximum absolute atomic E-state index is 2.41. The van der Waals surface area contributed by atoms with Gasteiger partial charge in [-0.1, -0.05) is 182 Å². The average molecular weight is 839 g/mol. The molecule has 1 aromatic heterocycles. The molecule has 12 aromatic carbocycles. The molecule has 13 aromatic rings. The van der Waals surface area contributed by atoms with Gasteiger partial charge in [-0.2, -0.15) is 0 Å². The fraction of sp³-hybridized carbons (Fsp3) is 0. The lowest BCUT2D eigenvalue weighted by Crippen LogP contribution is -2.10. The minimum atomic E-state index is 1.09. The maximum Gasteiger partial charge on any atom is 0.0547 e. The highest BCUT2D eigenvalue weighted by atomic mass is 15.1. The quantitative estimate of drug-likeness (QED) is 0.145. The summed E-state index contributed by atoms with van der Waals surface area (Å²) in [6.07, 6.45) is 0. The van der Waals surface area contributed by atoms with E-state index < -0.39 is 0 Å². The van der Waals surface area contributed by atoms with Crippen LogP contribution in [0.2, 0.25) is 0 Å². The Labute approximate surface area is 383 Å². The van der Waals surface area contributed by atoms with Crippen LogP contribution >= 0.6 is 0 Å². The van der Waals surface area contributed by atoms with E-state index in [4.69, 9.17) is 0 Å². The van der Waals surface area contributed by atoms with Crippen LogP contribution in [-0.2, 0) is 0 Å². The number of anilines is 3. The largest absolute Gasteiger partial charge is 0.310 e. The molecular weight excluding hydrogens is 797 g/mol. The predicted molar refractivity (Wildman–Crippen MR) is 282 cm³/mol. The van der Waals surface area contributed by atoms with Gasteiger partial charge >= 0.3 is 0 Å². The van der Waals surface area contributed by atoms with Gasteiger partial charge in [-0.05, 0) is 149 Å². The number of hydrogen-bond donors (Lipinski definition) is 0. The zero-order valence-electron chi connectivity index (χ0n) is 36.1. The van der Waals surface area contributed by atoms with Crippen molar-refractivity contribution in [2.45, 2.75) is 0 Å². The van der Waals surface area contributed by atoms with Crippen LogP contribution in [0, 0.1) is 0 Å². The van der Waals surface area contributed by atoms with Gasteiger partial charge in [-0.3, -0.25) is 0 Å². The Morgan fingerprint density at radius 2 is 0.788 bits per heavy atom. The van der Waals surface area contributed by atoms with Gasteiger partial charge in [0, 0.05) is 33.5 Å². The first-order chi connectivity index (χ1) is 32.7. The zero-order chi connectivity index (χ0) is 43.6. The van der Waals surface area contributed by atoms with Crippen molar-refractivity contribution >= 4 is 82.0 Å². The molecule has 0 bridgehead atoms. The minimum absolute atomic E-state index is 1.09. The fourth-order valence-electron chi connectivity index (χ4n) is 10.4. The van der Waals surface area contributed by atoms with E-state index in [1.54, 1.807) is 0 Å². The van der Waals surface area contributed by atoms with E-state index in [2.05, 4.69) is 264 Å². The van der Waals surface area contributed by atoms with Crippen LogP contribution < -0.4 is 4.90 Å². The zero-order valence-corrected chi connectivity index (χ0v) is 36.1. The SMILES string of the molecule is c1ccc(-c2ccc3c(c2)c2c(-c4cccc(N(c5ccc(-c6ccc7c(ccc8ccccc87)c6)cc5)c5ccc6c(ccc7ccccc76)c5)c4)cccc2n3-c2ccccc2)cc1. The molecule has 2 nitrogen and oxygen atoms in total. The minimum Gasteiger partial charge on any atom is -0.310 e. The van der Waals surface area contributed by atoms with Crippen molar-refractivity contribution in [2.24, 2.45) is 0 Å². The van der Waals surface area contributed by atoms with Crippen LogP contribution in [-0.4, -0.2) is 4.57 Å². The second-order valence-electron chi connectivity index (χ2n) is 17.3. The Hall–Kier alpha value is -8.72. The van der Waals surface area contributed by atoms with Crippen molar-refractivity contribution in [3.63, 3.8) is 0 Å².